The smallest absolute Gasteiger partial charge is 0.272 e. The number of nitrogens with zero attached hydrogens (tertiary/aromatic N) is 3. The first-order valence-corrected chi connectivity index (χ1v) is 15.7. The summed E-state index contributed by atoms with van der Waals surface area (Å²) in [7, 11) is 0. The van der Waals surface area contributed by atoms with E-state index in [0.717, 1.165) is 15.3 Å². The van der Waals surface area contributed by atoms with Gasteiger partial charge in [-0.3, -0.25) is 24.2 Å². The second kappa shape index (κ2) is 14.5. The fourth-order valence-electron chi connectivity index (χ4n) is 4.62. The summed E-state index contributed by atoms with van der Waals surface area (Å²) in [4.78, 5) is 58.3. The molecule has 3 heterocycles. The van der Waals surface area contributed by atoms with Crippen molar-refractivity contribution in [2.75, 3.05) is 22.9 Å². The number of nitrogens with one attached hydrogen (secondary N) is 3. The number of aromatic nitrogens is 1. The summed E-state index contributed by atoms with van der Waals surface area (Å²) in [6.07, 6.45) is 5.31. The number of benzene rings is 2. The van der Waals surface area contributed by atoms with E-state index in [1.165, 1.54) is 30.0 Å². The first kappa shape index (κ1) is 31.2. The number of hydrogen-bond acceptors (Lipinski definition) is 8. The van der Waals surface area contributed by atoms with Crippen LogP contribution >= 0.6 is 23.1 Å². The monoisotopic (exact) mass is 636 g/mol. The zero-order chi connectivity index (χ0) is 31.8. The van der Waals surface area contributed by atoms with Gasteiger partial charge in [-0.05, 0) is 60.0 Å². The number of hydrogen-bond donors (Lipinski definition) is 3. The highest BCUT2D eigenvalue weighted by Gasteiger charge is 2.26. The molecule has 0 fully saturated rings. The van der Waals surface area contributed by atoms with Crippen molar-refractivity contribution in [3.05, 3.63) is 112 Å². The van der Waals surface area contributed by atoms with Gasteiger partial charge >= 0.3 is 0 Å². The number of thioether (sulfide) groups is 1. The van der Waals surface area contributed by atoms with Crippen molar-refractivity contribution in [1.29, 1.82) is 5.26 Å². The molecule has 10 nitrogen and oxygen atoms in total. The number of amides is 4. The molecule has 12 heteroatoms. The summed E-state index contributed by atoms with van der Waals surface area (Å²) in [5, 5.41) is 18.6. The maximum atomic E-state index is 13.3. The van der Waals surface area contributed by atoms with Crippen LogP contribution in [0.4, 0.5) is 10.7 Å². The summed E-state index contributed by atoms with van der Waals surface area (Å²) in [6, 6.07) is 21.3. The minimum atomic E-state index is -0.530. The molecule has 4 aromatic rings. The molecule has 1 aliphatic heterocycles. The third-order valence-electron chi connectivity index (χ3n) is 6.85. The highest BCUT2D eigenvalue weighted by molar-refractivity contribution is 8.00. The second-order valence-electron chi connectivity index (χ2n) is 9.99. The number of anilines is 2. The lowest BCUT2D eigenvalue weighted by Gasteiger charge is -2.25. The van der Waals surface area contributed by atoms with Crippen LogP contribution in [0, 0.1) is 11.3 Å². The van der Waals surface area contributed by atoms with E-state index in [-0.39, 0.29) is 23.3 Å². The topological polar surface area (TPSA) is 144 Å². The lowest BCUT2D eigenvalue weighted by Crippen LogP contribution is -2.33. The summed E-state index contributed by atoms with van der Waals surface area (Å²) >= 11 is 2.60. The highest BCUT2D eigenvalue weighted by atomic mass is 32.2. The summed E-state index contributed by atoms with van der Waals surface area (Å²) in [5.74, 6) is -1.19. The Hall–Kier alpha value is -5.25. The van der Waals surface area contributed by atoms with Crippen LogP contribution in [-0.4, -0.2) is 45.8 Å². The molecule has 0 bridgehead atoms. The van der Waals surface area contributed by atoms with Gasteiger partial charge in [0, 0.05) is 46.9 Å². The molecule has 0 atom stereocenters. The lowest BCUT2D eigenvalue weighted by molar-refractivity contribution is -0.129. The Labute approximate surface area is 268 Å². The van der Waals surface area contributed by atoms with E-state index in [2.05, 4.69) is 27.0 Å². The molecule has 226 valence electrons. The minimum Gasteiger partial charge on any atom is -0.337 e. The molecule has 2 aromatic carbocycles. The largest absolute Gasteiger partial charge is 0.337 e. The van der Waals surface area contributed by atoms with Crippen LogP contribution in [-0.2, 0) is 27.3 Å². The maximum Gasteiger partial charge on any atom is 0.272 e. The van der Waals surface area contributed by atoms with Crippen molar-refractivity contribution in [3.8, 4) is 6.07 Å². The molecule has 0 saturated carbocycles. The lowest BCUT2D eigenvalue weighted by atomic mass is 10.0. The standard InChI is InChI=1S/C33H28N6O4S2/c1-21(40)39-14-12-26-27(17-34)33(45-29(26)19-39)38-30(41)20-44-25-11-5-10-24(16-25)36-32(43)28(15-22-7-6-13-35-18-22)37-31(42)23-8-3-2-4-9-23/h2-11,13,15-16,18H,12,14,19-20H2,1H3,(H,36,43)(H,37,42)(H,38,41)/b28-15-. The molecule has 2 aromatic heterocycles. The Bertz CT molecular complexity index is 1820. The third kappa shape index (κ3) is 8.03. The van der Waals surface area contributed by atoms with Crippen LogP contribution in [0.1, 0.15) is 38.8 Å². The Balaban J connectivity index is 1.23. The van der Waals surface area contributed by atoms with Gasteiger partial charge < -0.3 is 20.9 Å². The van der Waals surface area contributed by atoms with Crippen LogP contribution in [0.25, 0.3) is 6.08 Å². The number of fused-ring (bicyclic) bond motifs is 1. The van der Waals surface area contributed by atoms with Crippen molar-refractivity contribution in [2.45, 2.75) is 24.8 Å². The molecule has 0 unspecified atom stereocenters. The van der Waals surface area contributed by atoms with Crippen LogP contribution in [0.5, 0.6) is 0 Å². The zero-order valence-corrected chi connectivity index (χ0v) is 25.8. The number of carbonyl (C=O) groups is 4. The number of rotatable bonds is 9. The van der Waals surface area contributed by atoms with Crippen LogP contribution < -0.4 is 16.0 Å². The fourth-order valence-corrected chi connectivity index (χ4v) is 6.61. The van der Waals surface area contributed by atoms with Gasteiger partial charge in [0.25, 0.3) is 11.8 Å². The second-order valence-corrected chi connectivity index (χ2v) is 12.1. The normalized spacial score (nSPS) is 12.4. The van der Waals surface area contributed by atoms with Gasteiger partial charge in [0.2, 0.25) is 11.8 Å². The highest BCUT2D eigenvalue weighted by Crippen LogP contribution is 2.37. The van der Waals surface area contributed by atoms with Gasteiger partial charge in [-0.25, -0.2) is 0 Å². The van der Waals surface area contributed by atoms with E-state index in [0.29, 0.717) is 46.9 Å². The van der Waals surface area contributed by atoms with E-state index in [1.807, 2.05) is 6.07 Å². The molecule has 0 saturated heterocycles. The first-order chi connectivity index (χ1) is 21.8. The van der Waals surface area contributed by atoms with Crippen LogP contribution in [0.3, 0.4) is 0 Å². The van der Waals surface area contributed by atoms with E-state index in [4.69, 9.17) is 0 Å². The van der Waals surface area contributed by atoms with Gasteiger partial charge in [-0.1, -0.05) is 30.3 Å². The van der Waals surface area contributed by atoms with Gasteiger partial charge in [-0.2, -0.15) is 5.26 Å². The molecule has 45 heavy (non-hydrogen) atoms. The molecule has 1 aliphatic rings. The average molecular weight is 637 g/mol. The van der Waals surface area contributed by atoms with Gasteiger partial charge in [0.1, 0.15) is 16.8 Å². The number of pyridine rings is 1. The molecule has 0 aliphatic carbocycles. The molecule has 4 amide bonds. The number of thiophene rings is 1. The van der Waals surface area contributed by atoms with Crippen LogP contribution in [0.15, 0.2) is 89.7 Å². The summed E-state index contributed by atoms with van der Waals surface area (Å²) < 4.78 is 0. The maximum absolute atomic E-state index is 13.3. The molecule has 5 rings (SSSR count). The van der Waals surface area contributed by atoms with E-state index in [1.54, 1.807) is 84.0 Å². The Morgan fingerprint density at radius 2 is 1.89 bits per heavy atom. The molecular formula is C33H28N6O4S2. The van der Waals surface area contributed by atoms with Crippen molar-refractivity contribution in [1.82, 2.24) is 15.2 Å². The van der Waals surface area contributed by atoms with Gasteiger partial charge in [0.05, 0.1) is 17.9 Å². The summed E-state index contributed by atoms with van der Waals surface area (Å²) in [6.45, 7) is 2.50. The SMILES string of the molecule is CC(=O)N1CCc2c(sc(NC(=O)CSc3cccc(NC(=O)/C(=C/c4cccnc4)NC(=O)c4ccccc4)c3)c2C#N)C1. The first-order valence-electron chi connectivity index (χ1n) is 13.9. The van der Waals surface area contributed by atoms with Crippen molar-refractivity contribution < 1.29 is 19.2 Å². The number of nitriles is 1. The Kier molecular flexibility index (Phi) is 10.0. The molecule has 0 spiro atoms. The fraction of sp³-hybridized carbons (Fsp3) is 0.152. The predicted molar refractivity (Wildman–Crippen MR) is 174 cm³/mol. The Morgan fingerprint density at radius 1 is 1.07 bits per heavy atom. The van der Waals surface area contributed by atoms with Gasteiger partial charge in [0.15, 0.2) is 0 Å². The van der Waals surface area contributed by atoms with E-state index < -0.39 is 11.8 Å². The predicted octanol–water partition coefficient (Wildman–Crippen LogP) is 5.06. The molecule has 0 radical (unpaired) electrons. The third-order valence-corrected chi connectivity index (χ3v) is 8.98. The van der Waals surface area contributed by atoms with E-state index in [9.17, 15) is 24.4 Å². The molecular weight excluding hydrogens is 609 g/mol. The molecule has 3 N–H and O–H groups in total. The van der Waals surface area contributed by atoms with Crippen molar-refractivity contribution >= 4 is 63.5 Å². The zero-order valence-electron chi connectivity index (χ0n) is 24.2. The van der Waals surface area contributed by atoms with Crippen LogP contribution in [0.2, 0.25) is 0 Å². The summed E-state index contributed by atoms with van der Waals surface area (Å²) in [5.41, 5.74) is 2.89. The van der Waals surface area contributed by atoms with E-state index >= 15 is 0 Å². The average Bonchev–Trinajstić information content (AvgIpc) is 3.40. The Morgan fingerprint density at radius 3 is 2.62 bits per heavy atom. The quantitative estimate of drug-likeness (QED) is 0.172. The van der Waals surface area contributed by atoms with Crippen molar-refractivity contribution in [3.63, 3.8) is 0 Å². The van der Waals surface area contributed by atoms with Gasteiger partial charge in [-0.15, -0.1) is 23.1 Å². The minimum absolute atomic E-state index is 0.0226. The van der Waals surface area contributed by atoms with Crippen molar-refractivity contribution in [2.24, 2.45) is 0 Å². The number of carbonyl (C=O) groups excluding carboxylic acids is 4.